The van der Waals surface area contributed by atoms with E-state index in [0.717, 1.165) is 37.3 Å². The van der Waals surface area contributed by atoms with E-state index in [4.69, 9.17) is 4.74 Å². The van der Waals surface area contributed by atoms with Crippen LogP contribution < -0.4 is 10.1 Å². The fourth-order valence-corrected chi connectivity index (χ4v) is 3.27. The SMILES string of the molecule is COc1ccc(F)cc1CN1CCN(CC(=O)NCc2ccccc2)CC1. The number of methoxy groups -OCH3 is 1. The summed E-state index contributed by atoms with van der Waals surface area (Å²) in [7, 11) is 1.60. The Morgan fingerprint density at radius 2 is 1.78 bits per heavy atom. The lowest BCUT2D eigenvalue weighted by molar-refractivity contribution is -0.122. The first-order valence-corrected chi connectivity index (χ1v) is 9.22. The molecule has 0 radical (unpaired) electrons. The zero-order valence-corrected chi connectivity index (χ0v) is 15.7. The largest absolute Gasteiger partial charge is 0.496 e. The molecule has 0 bridgehead atoms. The number of benzene rings is 2. The molecule has 144 valence electrons. The number of amides is 1. The van der Waals surface area contributed by atoms with E-state index in [1.807, 2.05) is 30.3 Å². The van der Waals surface area contributed by atoms with Crippen LogP contribution in [0.4, 0.5) is 4.39 Å². The van der Waals surface area contributed by atoms with Crippen molar-refractivity contribution < 1.29 is 13.9 Å². The maximum Gasteiger partial charge on any atom is 0.234 e. The van der Waals surface area contributed by atoms with Crippen molar-refractivity contribution in [3.05, 3.63) is 65.5 Å². The highest BCUT2D eigenvalue weighted by Gasteiger charge is 2.20. The van der Waals surface area contributed by atoms with Crippen LogP contribution >= 0.6 is 0 Å². The van der Waals surface area contributed by atoms with E-state index < -0.39 is 0 Å². The molecule has 1 aliphatic rings. The predicted molar refractivity (Wildman–Crippen MR) is 103 cm³/mol. The molecule has 0 saturated carbocycles. The second kappa shape index (κ2) is 9.48. The van der Waals surface area contributed by atoms with Gasteiger partial charge < -0.3 is 10.1 Å². The molecule has 3 rings (SSSR count). The smallest absolute Gasteiger partial charge is 0.234 e. The van der Waals surface area contributed by atoms with E-state index in [0.29, 0.717) is 25.4 Å². The zero-order valence-electron chi connectivity index (χ0n) is 15.7. The molecule has 0 unspecified atom stereocenters. The molecule has 2 aromatic carbocycles. The maximum absolute atomic E-state index is 13.5. The number of rotatable bonds is 7. The van der Waals surface area contributed by atoms with Gasteiger partial charge in [-0.1, -0.05) is 30.3 Å². The summed E-state index contributed by atoms with van der Waals surface area (Å²) in [6, 6.07) is 14.5. The molecule has 0 atom stereocenters. The van der Waals surface area contributed by atoms with Crippen molar-refractivity contribution in [2.24, 2.45) is 0 Å². The Bertz CT molecular complexity index is 746. The highest BCUT2D eigenvalue weighted by molar-refractivity contribution is 5.78. The van der Waals surface area contributed by atoms with Crippen molar-refractivity contribution in [1.29, 1.82) is 0 Å². The molecule has 1 fully saturated rings. The minimum absolute atomic E-state index is 0.0408. The monoisotopic (exact) mass is 371 g/mol. The van der Waals surface area contributed by atoms with Crippen LogP contribution in [0.15, 0.2) is 48.5 Å². The lowest BCUT2D eigenvalue weighted by Gasteiger charge is -2.34. The first kappa shape index (κ1) is 19.3. The number of hydrogen-bond donors (Lipinski definition) is 1. The highest BCUT2D eigenvalue weighted by atomic mass is 19.1. The molecule has 0 aromatic heterocycles. The minimum Gasteiger partial charge on any atom is -0.496 e. The van der Waals surface area contributed by atoms with Crippen LogP contribution in [0.3, 0.4) is 0 Å². The Balaban J connectivity index is 1.42. The Labute approximate surface area is 159 Å². The van der Waals surface area contributed by atoms with E-state index >= 15 is 0 Å². The summed E-state index contributed by atoms with van der Waals surface area (Å²) in [6.07, 6.45) is 0. The van der Waals surface area contributed by atoms with Crippen LogP contribution in [0.25, 0.3) is 0 Å². The second-order valence-corrected chi connectivity index (χ2v) is 6.77. The van der Waals surface area contributed by atoms with E-state index in [1.54, 1.807) is 13.2 Å². The normalized spacial score (nSPS) is 15.5. The van der Waals surface area contributed by atoms with Crippen LogP contribution in [0.1, 0.15) is 11.1 Å². The topological polar surface area (TPSA) is 44.8 Å². The van der Waals surface area contributed by atoms with Crippen LogP contribution in [0.2, 0.25) is 0 Å². The lowest BCUT2D eigenvalue weighted by Crippen LogP contribution is -2.49. The molecule has 0 spiro atoms. The minimum atomic E-state index is -0.250. The summed E-state index contributed by atoms with van der Waals surface area (Å²) in [4.78, 5) is 16.6. The van der Waals surface area contributed by atoms with Crippen molar-refractivity contribution in [1.82, 2.24) is 15.1 Å². The molecule has 5 nitrogen and oxygen atoms in total. The van der Waals surface area contributed by atoms with Gasteiger partial charge >= 0.3 is 0 Å². The molecule has 6 heteroatoms. The average Bonchev–Trinajstić information content (AvgIpc) is 2.69. The van der Waals surface area contributed by atoms with Gasteiger partial charge in [0, 0.05) is 44.8 Å². The Hall–Kier alpha value is -2.44. The number of carbonyl (C=O) groups is 1. The third-order valence-electron chi connectivity index (χ3n) is 4.80. The van der Waals surface area contributed by atoms with E-state index in [1.165, 1.54) is 12.1 Å². The number of hydrogen-bond acceptors (Lipinski definition) is 4. The highest BCUT2D eigenvalue weighted by Crippen LogP contribution is 2.21. The first-order valence-electron chi connectivity index (χ1n) is 9.22. The van der Waals surface area contributed by atoms with Gasteiger partial charge in [-0.15, -0.1) is 0 Å². The molecular weight excluding hydrogens is 345 g/mol. The number of nitrogens with one attached hydrogen (secondary N) is 1. The van der Waals surface area contributed by atoms with Crippen molar-refractivity contribution in [2.45, 2.75) is 13.1 Å². The van der Waals surface area contributed by atoms with Crippen LogP contribution in [-0.4, -0.2) is 55.5 Å². The van der Waals surface area contributed by atoms with E-state index in [9.17, 15) is 9.18 Å². The van der Waals surface area contributed by atoms with Gasteiger partial charge in [-0.2, -0.15) is 0 Å². The molecular formula is C21H26FN3O2. The van der Waals surface area contributed by atoms with Crippen LogP contribution in [0, 0.1) is 5.82 Å². The third-order valence-corrected chi connectivity index (χ3v) is 4.80. The molecule has 27 heavy (non-hydrogen) atoms. The standard InChI is InChI=1S/C21H26FN3O2/c1-27-20-8-7-19(22)13-18(20)15-24-9-11-25(12-10-24)16-21(26)23-14-17-5-3-2-4-6-17/h2-8,13H,9-12,14-16H2,1H3,(H,23,26). The number of nitrogens with zero attached hydrogens (tertiary/aromatic N) is 2. The maximum atomic E-state index is 13.5. The summed E-state index contributed by atoms with van der Waals surface area (Å²) in [6.45, 7) is 4.92. The van der Waals surface area contributed by atoms with Crippen LogP contribution in [-0.2, 0) is 17.9 Å². The van der Waals surface area contributed by atoms with Crippen molar-refractivity contribution in [3.8, 4) is 5.75 Å². The third kappa shape index (κ3) is 5.77. The van der Waals surface area contributed by atoms with Gasteiger partial charge in [-0.3, -0.25) is 14.6 Å². The fraction of sp³-hybridized carbons (Fsp3) is 0.381. The summed E-state index contributed by atoms with van der Waals surface area (Å²) in [5, 5.41) is 2.97. The average molecular weight is 371 g/mol. The summed E-state index contributed by atoms with van der Waals surface area (Å²) in [5.41, 5.74) is 1.95. The van der Waals surface area contributed by atoms with Crippen LogP contribution in [0.5, 0.6) is 5.75 Å². The fourth-order valence-electron chi connectivity index (χ4n) is 3.27. The van der Waals surface area contributed by atoms with Gasteiger partial charge in [0.2, 0.25) is 5.91 Å². The molecule has 1 aliphatic heterocycles. The van der Waals surface area contributed by atoms with Gasteiger partial charge in [0.05, 0.1) is 13.7 Å². The number of piperazine rings is 1. The van der Waals surface area contributed by atoms with Gasteiger partial charge in [-0.05, 0) is 23.8 Å². The van der Waals surface area contributed by atoms with Gasteiger partial charge in [-0.25, -0.2) is 4.39 Å². The summed E-state index contributed by atoms with van der Waals surface area (Å²) in [5.74, 6) is 0.498. The van der Waals surface area contributed by atoms with E-state index in [-0.39, 0.29) is 11.7 Å². The Morgan fingerprint density at radius 1 is 1.07 bits per heavy atom. The van der Waals surface area contributed by atoms with Crippen molar-refractivity contribution >= 4 is 5.91 Å². The van der Waals surface area contributed by atoms with Gasteiger partial charge in [0.25, 0.3) is 0 Å². The molecule has 2 aromatic rings. The number of ether oxygens (including phenoxy) is 1. The summed E-state index contributed by atoms with van der Waals surface area (Å²) >= 11 is 0. The van der Waals surface area contributed by atoms with Crippen molar-refractivity contribution in [2.75, 3.05) is 39.8 Å². The number of halogens is 1. The molecule has 1 saturated heterocycles. The van der Waals surface area contributed by atoms with Gasteiger partial charge in [0.1, 0.15) is 11.6 Å². The second-order valence-electron chi connectivity index (χ2n) is 6.77. The first-order chi connectivity index (χ1) is 13.1. The lowest BCUT2D eigenvalue weighted by atomic mass is 10.1. The predicted octanol–water partition coefficient (Wildman–Crippen LogP) is 2.27. The summed E-state index contributed by atoms with van der Waals surface area (Å²) < 4.78 is 18.8. The Morgan fingerprint density at radius 3 is 2.48 bits per heavy atom. The van der Waals surface area contributed by atoms with Gasteiger partial charge in [0.15, 0.2) is 0 Å². The molecule has 1 amide bonds. The molecule has 1 heterocycles. The quantitative estimate of drug-likeness (QED) is 0.811. The van der Waals surface area contributed by atoms with E-state index in [2.05, 4.69) is 15.1 Å². The van der Waals surface area contributed by atoms with Crippen molar-refractivity contribution in [3.63, 3.8) is 0 Å². The molecule has 0 aliphatic carbocycles. The molecule has 1 N–H and O–H groups in total. The number of carbonyl (C=O) groups excluding carboxylic acids is 1. The Kier molecular flexibility index (Phi) is 6.79. The zero-order chi connectivity index (χ0) is 19.1.